The summed E-state index contributed by atoms with van der Waals surface area (Å²) < 4.78 is 25.4. The van der Waals surface area contributed by atoms with Crippen molar-refractivity contribution in [3.8, 4) is 22.8 Å². The van der Waals surface area contributed by atoms with Gasteiger partial charge in [-0.3, -0.25) is 9.89 Å². The maximum Gasteiger partial charge on any atom is 0.255 e. The molecule has 0 bridgehead atoms. The van der Waals surface area contributed by atoms with Gasteiger partial charge in [-0.1, -0.05) is 30.3 Å². The zero-order valence-electron chi connectivity index (χ0n) is 17.5. The minimum atomic E-state index is -3.54. The fourth-order valence-corrected chi connectivity index (χ4v) is 3.91. The molecule has 0 fully saturated rings. The molecule has 0 aliphatic rings. The van der Waals surface area contributed by atoms with Crippen molar-refractivity contribution in [3.05, 3.63) is 84.4 Å². The van der Waals surface area contributed by atoms with E-state index < -0.39 is 10.0 Å². The normalized spacial score (nSPS) is 11.5. The van der Waals surface area contributed by atoms with Crippen LogP contribution in [0.2, 0.25) is 0 Å². The first-order valence-corrected chi connectivity index (χ1v) is 11.2. The highest BCUT2D eigenvalue weighted by Crippen LogP contribution is 2.22. The van der Waals surface area contributed by atoms with E-state index in [4.69, 9.17) is 0 Å². The van der Waals surface area contributed by atoms with E-state index in [1.54, 1.807) is 12.1 Å². The molecule has 32 heavy (non-hydrogen) atoms. The van der Waals surface area contributed by atoms with Crippen molar-refractivity contribution in [1.29, 1.82) is 0 Å². The van der Waals surface area contributed by atoms with Crippen LogP contribution in [0.3, 0.4) is 0 Å². The van der Waals surface area contributed by atoms with E-state index in [-0.39, 0.29) is 10.8 Å². The van der Waals surface area contributed by atoms with Gasteiger partial charge in [-0.25, -0.2) is 17.7 Å². The second-order valence-corrected chi connectivity index (χ2v) is 9.37. The van der Waals surface area contributed by atoms with Crippen LogP contribution in [0.4, 0.5) is 5.69 Å². The van der Waals surface area contributed by atoms with Gasteiger partial charge in [0, 0.05) is 36.5 Å². The Kier molecular flexibility index (Phi) is 5.85. The largest absolute Gasteiger partial charge is 0.322 e. The number of nitrogens with one attached hydrogen (secondary N) is 2. The van der Waals surface area contributed by atoms with Gasteiger partial charge in [0.1, 0.15) is 0 Å². The van der Waals surface area contributed by atoms with Crippen LogP contribution in [0.25, 0.3) is 22.8 Å². The molecular weight excluding hydrogens is 426 g/mol. The van der Waals surface area contributed by atoms with Gasteiger partial charge in [0.2, 0.25) is 10.0 Å². The van der Waals surface area contributed by atoms with Gasteiger partial charge in [-0.05, 0) is 48.5 Å². The summed E-state index contributed by atoms with van der Waals surface area (Å²) in [5.41, 5.74) is 2.71. The standard InChI is InChI=1S/C23H21N5O3S/c1-28(2)32(30,31)20-14-10-18(11-15-20)23(29)24-19-12-8-17(9-13-19)22-25-21(26-27-22)16-6-4-3-5-7-16/h3-15H,1-2H3,(H,24,29)(H,25,26,27). The molecule has 0 atom stereocenters. The highest BCUT2D eigenvalue weighted by atomic mass is 32.2. The summed E-state index contributed by atoms with van der Waals surface area (Å²) in [6, 6.07) is 22.7. The zero-order chi connectivity index (χ0) is 22.7. The molecule has 0 aliphatic heterocycles. The lowest BCUT2D eigenvalue weighted by atomic mass is 10.1. The summed E-state index contributed by atoms with van der Waals surface area (Å²) in [5.74, 6) is 0.898. The second-order valence-electron chi connectivity index (χ2n) is 7.22. The highest BCUT2D eigenvalue weighted by molar-refractivity contribution is 7.89. The quantitative estimate of drug-likeness (QED) is 0.469. The predicted molar refractivity (Wildman–Crippen MR) is 123 cm³/mol. The van der Waals surface area contributed by atoms with Gasteiger partial charge in [0.15, 0.2) is 11.6 Å². The maximum atomic E-state index is 12.5. The topological polar surface area (TPSA) is 108 Å². The van der Waals surface area contributed by atoms with E-state index in [9.17, 15) is 13.2 Å². The van der Waals surface area contributed by atoms with Crippen LogP contribution in [-0.2, 0) is 10.0 Å². The number of H-pyrrole nitrogens is 1. The van der Waals surface area contributed by atoms with Gasteiger partial charge >= 0.3 is 0 Å². The number of aromatic nitrogens is 3. The van der Waals surface area contributed by atoms with E-state index in [1.807, 2.05) is 42.5 Å². The van der Waals surface area contributed by atoms with Crippen molar-refractivity contribution < 1.29 is 13.2 Å². The highest BCUT2D eigenvalue weighted by Gasteiger charge is 2.17. The van der Waals surface area contributed by atoms with Gasteiger partial charge in [0.05, 0.1) is 4.90 Å². The van der Waals surface area contributed by atoms with Gasteiger partial charge < -0.3 is 5.32 Å². The van der Waals surface area contributed by atoms with Crippen molar-refractivity contribution in [2.75, 3.05) is 19.4 Å². The molecule has 2 N–H and O–H groups in total. The van der Waals surface area contributed by atoms with Crippen LogP contribution < -0.4 is 5.32 Å². The fraction of sp³-hybridized carbons (Fsp3) is 0.0870. The molecule has 0 saturated carbocycles. The Hall–Kier alpha value is -3.82. The molecule has 9 heteroatoms. The van der Waals surface area contributed by atoms with Crippen LogP contribution >= 0.6 is 0 Å². The van der Waals surface area contributed by atoms with Crippen molar-refractivity contribution in [2.24, 2.45) is 0 Å². The molecular formula is C23H21N5O3S. The molecule has 0 unspecified atom stereocenters. The molecule has 0 saturated heterocycles. The van der Waals surface area contributed by atoms with Crippen LogP contribution in [-0.4, -0.2) is 47.9 Å². The van der Waals surface area contributed by atoms with E-state index in [2.05, 4.69) is 20.5 Å². The number of amides is 1. The molecule has 162 valence electrons. The first kappa shape index (κ1) is 21.4. The van der Waals surface area contributed by atoms with Gasteiger partial charge in [-0.15, -0.1) is 0 Å². The lowest BCUT2D eigenvalue weighted by molar-refractivity contribution is 0.102. The number of benzene rings is 3. The SMILES string of the molecule is CN(C)S(=O)(=O)c1ccc(C(=O)Nc2ccc(-c3nc(-c4ccccc4)n[nH]3)cc2)cc1. The molecule has 0 aliphatic carbocycles. The summed E-state index contributed by atoms with van der Waals surface area (Å²) in [4.78, 5) is 17.2. The van der Waals surface area contributed by atoms with Crippen molar-refractivity contribution >= 4 is 21.6 Å². The Morgan fingerprint density at radius 3 is 2.16 bits per heavy atom. The molecule has 1 amide bonds. The van der Waals surface area contributed by atoms with E-state index in [0.717, 1.165) is 15.4 Å². The molecule has 0 radical (unpaired) electrons. The van der Waals surface area contributed by atoms with Gasteiger partial charge in [-0.2, -0.15) is 5.10 Å². The Bertz CT molecular complexity index is 1330. The lowest BCUT2D eigenvalue weighted by Crippen LogP contribution is -2.22. The number of nitrogens with zero attached hydrogens (tertiary/aromatic N) is 3. The molecule has 1 heterocycles. The number of hydrogen-bond acceptors (Lipinski definition) is 5. The fourth-order valence-electron chi connectivity index (χ4n) is 3.01. The summed E-state index contributed by atoms with van der Waals surface area (Å²) in [6.45, 7) is 0. The Morgan fingerprint density at radius 2 is 1.53 bits per heavy atom. The number of rotatable bonds is 6. The number of anilines is 1. The van der Waals surface area contributed by atoms with E-state index in [0.29, 0.717) is 22.9 Å². The van der Waals surface area contributed by atoms with E-state index >= 15 is 0 Å². The third kappa shape index (κ3) is 4.43. The minimum absolute atomic E-state index is 0.130. The summed E-state index contributed by atoms with van der Waals surface area (Å²) >= 11 is 0. The van der Waals surface area contributed by atoms with E-state index in [1.165, 1.54) is 38.4 Å². The number of aromatic amines is 1. The average molecular weight is 448 g/mol. The maximum absolute atomic E-state index is 12.5. The zero-order valence-corrected chi connectivity index (χ0v) is 18.3. The monoisotopic (exact) mass is 447 g/mol. The van der Waals surface area contributed by atoms with Crippen molar-refractivity contribution in [1.82, 2.24) is 19.5 Å². The molecule has 3 aromatic carbocycles. The van der Waals surface area contributed by atoms with Crippen molar-refractivity contribution in [2.45, 2.75) is 4.90 Å². The Balaban J connectivity index is 1.45. The number of carbonyl (C=O) groups excluding carboxylic acids is 1. The number of carbonyl (C=O) groups is 1. The van der Waals surface area contributed by atoms with Gasteiger partial charge in [0.25, 0.3) is 5.91 Å². The summed E-state index contributed by atoms with van der Waals surface area (Å²) in [6.07, 6.45) is 0. The van der Waals surface area contributed by atoms with Crippen LogP contribution in [0.15, 0.2) is 83.8 Å². The molecule has 4 rings (SSSR count). The number of sulfonamides is 1. The molecule has 4 aromatic rings. The molecule has 8 nitrogen and oxygen atoms in total. The van der Waals surface area contributed by atoms with Crippen molar-refractivity contribution in [3.63, 3.8) is 0 Å². The lowest BCUT2D eigenvalue weighted by Gasteiger charge is -2.11. The Labute approximate surface area is 186 Å². The van der Waals surface area contributed by atoms with Crippen LogP contribution in [0.1, 0.15) is 10.4 Å². The Morgan fingerprint density at radius 1 is 0.875 bits per heavy atom. The summed E-state index contributed by atoms with van der Waals surface area (Å²) in [7, 11) is -0.619. The summed E-state index contributed by atoms with van der Waals surface area (Å²) in [5, 5.41) is 9.99. The number of hydrogen-bond donors (Lipinski definition) is 2. The van der Waals surface area contributed by atoms with Crippen LogP contribution in [0.5, 0.6) is 0 Å². The molecule has 1 aromatic heterocycles. The minimum Gasteiger partial charge on any atom is -0.322 e. The first-order valence-electron chi connectivity index (χ1n) is 9.77. The third-order valence-corrected chi connectivity index (χ3v) is 6.66. The second kappa shape index (κ2) is 8.74. The smallest absolute Gasteiger partial charge is 0.255 e. The first-order chi connectivity index (χ1) is 15.3. The predicted octanol–water partition coefficient (Wildman–Crippen LogP) is 3.64. The third-order valence-electron chi connectivity index (χ3n) is 4.83. The molecule has 0 spiro atoms. The van der Waals surface area contributed by atoms with Crippen LogP contribution in [0, 0.1) is 0 Å². The average Bonchev–Trinajstić information content (AvgIpc) is 3.30.